The highest BCUT2D eigenvalue weighted by Gasteiger charge is 2.43. The second-order valence-electron chi connectivity index (χ2n) is 9.14. The molecule has 1 aromatic heterocycles. The van der Waals surface area contributed by atoms with Crippen LogP contribution in [-0.4, -0.2) is 12.5 Å². The largest absolute Gasteiger partial charge is 0.494 e. The van der Waals surface area contributed by atoms with Gasteiger partial charge < -0.3 is 9.15 Å². The first-order chi connectivity index (χ1) is 17.0. The molecule has 3 aromatic carbocycles. The maximum Gasteiger partial charge on any atom is 0.295 e. The van der Waals surface area contributed by atoms with E-state index in [4.69, 9.17) is 9.15 Å². The molecule has 1 aliphatic rings. The van der Waals surface area contributed by atoms with Crippen LogP contribution in [0.5, 0.6) is 5.75 Å². The number of ether oxygens (including phenoxy) is 1. The van der Waals surface area contributed by atoms with Crippen molar-refractivity contribution in [3.05, 3.63) is 105 Å². The van der Waals surface area contributed by atoms with E-state index in [1.807, 2.05) is 62.4 Å². The van der Waals surface area contributed by atoms with Gasteiger partial charge in [0, 0.05) is 5.69 Å². The number of unbranched alkanes of at least 4 members (excludes halogenated alkanes) is 2. The number of amides is 1. The van der Waals surface area contributed by atoms with E-state index < -0.39 is 6.04 Å². The van der Waals surface area contributed by atoms with Gasteiger partial charge in [0.05, 0.1) is 23.6 Å². The van der Waals surface area contributed by atoms with Crippen molar-refractivity contribution in [1.82, 2.24) is 0 Å². The molecule has 1 amide bonds. The third-order valence-corrected chi connectivity index (χ3v) is 6.74. The first-order valence-electron chi connectivity index (χ1n) is 12.2. The van der Waals surface area contributed by atoms with Gasteiger partial charge in [0.1, 0.15) is 11.3 Å². The molecule has 1 atom stereocenters. The van der Waals surface area contributed by atoms with E-state index >= 15 is 0 Å². The Balaban J connectivity index is 1.67. The fraction of sp³-hybridized carbons (Fsp3) is 0.267. The Labute approximate surface area is 205 Å². The highest BCUT2D eigenvalue weighted by molar-refractivity contribution is 6.10. The lowest BCUT2D eigenvalue weighted by atomic mass is 9.97. The quantitative estimate of drug-likeness (QED) is 0.283. The van der Waals surface area contributed by atoms with Crippen LogP contribution in [0.15, 0.2) is 75.9 Å². The lowest BCUT2D eigenvalue weighted by molar-refractivity contribution is 0.0971. The summed E-state index contributed by atoms with van der Waals surface area (Å²) in [5.41, 5.74) is 4.35. The minimum absolute atomic E-state index is 0.103. The molecule has 0 fully saturated rings. The number of hydrogen-bond donors (Lipinski definition) is 0. The highest BCUT2D eigenvalue weighted by Crippen LogP contribution is 2.42. The zero-order chi connectivity index (χ0) is 24.5. The molecular weight excluding hydrogens is 438 g/mol. The predicted octanol–water partition coefficient (Wildman–Crippen LogP) is 6.73. The number of anilines is 1. The molecule has 1 unspecified atom stereocenters. The van der Waals surface area contributed by atoms with E-state index in [-0.39, 0.29) is 17.1 Å². The van der Waals surface area contributed by atoms with E-state index in [9.17, 15) is 9.59 Å². The molecule has 0 radical (unpaired) electrons. The summed E-state index contributed by atoms with van der Waals surface area (Å²) < 4.78 is 12.0. The van der Waals surface area contributed by atoms with Crippen molar-refractivity contribution in [3.8, 4) is 5.75 Å². The molecule has 5 nitrogen and oxygen atoms in total. The van der Waals surface area contributed by atoms with Crippen LogP contribution in [0.1, 0.15) is 65.0 Å². The second-order valence-corrected chi connectivity index (χ2v) is 9.14. The number of fused-ring (bicyclic) bond motifs is 2. The van der Waals surface area contributed by atoms with Crippen LogP contribution in [0, 0.1) is 13.8 Å². The molecule has 2 heterocycles. The standard InChI is InChI=1S/C30H29NO4/c1-4-5-8-16-34-23-11-9-10-21(18-23)27-26-28(32)24-12-6-7-13-25(24)35-29(26)30(33)31(27)22-15-14-19(2)20(3)17-22/h6-7,9-15,17-18,27H,4-5,8,16H2,1-3H3. The SMILES string of the molecule is CCCCCOc1cccc(C2c3c(oc4ccccc4c3=O)C(=O)N2c2ccc(C)c(C)c2)c1. The van der Waals surface area contributed by atoms with Crippen LogP contribution >= 0.6 is 0 Å². The molecule has 0 bridgehead atoms. The van der Waals surface area contributed by atoms with Gasteiger partial charge in [-0.05, 0) is 73.4 Å². The average Bonchev–Trinajstić information content (AvgIpc) is 3.16. The van der Waals surface area contributed by atoms with E-state index in [0.29, 0.717) is 23.1 Å². The molecule has 0 aliphatic carbocycles. The Morgan fingerprint density at radius 2 is 1.74 bits per heavy atom. The molecular formula is C30H29NO4. The number of rotatable bonds is 7. The van der Waals surface area contributed by atoms with Crippen molar-refractivity contribution in [2.75, 3.05) is 11.5 Å². The summed E-state index contributed by atoms with van der Waals surface area (Å²) in [5.74, 6) is 0.515. The van der Waals surface area contributed by atoms with Crippen molar-refractivity contribution in [2.45, 2.75) is 46.1 Å². The van der Waals surface area contributed by atoms with Gasteiger partial charge in [-0.3, -0.25) is 14.5 Å². The summed E-state index contributed by atoms with van der Waals surface area (Å²) >= 11 is 0. The molecule has 4 aromatic rings. The normalized spacial score (nSPS) is 15.0. The second kappa shape index (κ2) is 9.41. The average molecular weight is 468 g/mol. The first kappa shape index (κ1) is 22.9. The number of aryl methyl sites for hydroxylation is 2. The smallest absolute Gasteiger partial charge is 0.295 e. The van der Waals surface area contributed by atoms with Crippen molar-refractivity contribution in [2.24, 2.45) is 0 Å². The zero-order valence-corrected chi connectivity index (χ0v) is 20.3. The third kappa shape index (κ3) is 4.12. The first-order valence-corrected chi connectivity index (χ1v) is 12.2. The number of hydrogen-bond acceptors (Lipinski definition) is 4. The summed E-state index contributed by atoms with van der Waals surface area (Å²) in [6, 6.07) is 20.1. The zero-order valence-electron chi connectivity index (χ0n) is 20.3. The molecule has 178 valence electrons. The number of carbonyl (C=O) groups excluding carboxylic acids is 1. The fourth-order valence-corrected chi connectivity index (χ4v) is 4.69. The fourth-order valence-electron chi connectivity index (χ4n) is 4.69. The summed E-state index contributed by atoms with van der Waals surface area (Å²) in [6.07, 6.45) is 3.22. The van der Waals surface area contributed by atoms with Gasteiger partial charge in [-0.15, -0.1) is 0 Å². The molecule has 1 aliphatic heterocycles. The van der Waals surface area contributed by atoms with Gasteiger partial charge >= 0.3 is 0 Å². The third-order valence-electron chi connectivity index (χ3n) is 6.74. The van der Waals surface area contributed by atoms with Crippen LogP contribution in [0.3, 0.4) is 0 Å². The van der Waals surface area contributed by atoms with Crippen molar-refractivity contribution in [3.63, 3.8) is 0 Å². The van der Waals surface area contributed by atoms with Gasteiger partial charge in [-0.25, -0.2) is 0 Å². The summed E-state index contributed by atoms with van der Waals surface area (Å²) in [5, 5.41) is 0.470. The van der Waals surface area contributed by atoms with Gasteiger partial charge in [0.15, 0.2) is 5.43 Å². The van der Waals surface area contributed by atoms with Gasteiger partial charge in [-0.1, -0.05) is 50.1 Å². The Hall–Kier alpha value is -3.86. The molecule has 5 heteroatoms. The number of benzene rings is 3. The predicted molar refractivity (Wildman–Crippen MR) is 139 cm³/mol. The molecule has 5 rings (SSSR count). The van der Waals surface area contributed by atoms with Crippen LogP contribution in [0.25, 0.3) is 11.0 Å². The van der Waals surface area contributed by atoms with E-state index in [1.165, 1.54) is 0 Å². The van der Waals surface area contributed by atoms with Crippen molar-refractivity contribution in [1.29, 1.82) is 0 Å². The Kier molecular flexibility index (Phi) is 6.16. The lowest BCUT2D eigenvalue weighted by Crippen LogP contribution is -2.29. The maximum absolute atomic E-state index is 13.8. The Morgan fingerprint density at radius 3 is 2.54 bits per heavy atom. The molecule has 35 heavy (non-hydrogen) atoms. The van der Waals surface area contributed by atoms with E-state index in [2.05, 4.69) is 6.92 Å². The molecule has 0 N–H and O–H groups in total. The Bertz CT molecular complexity index is 1470. The Morgan fingerprint density at radius 1 is 0.914 bits per heavy atom. The number of carbonyl (C=O) groups is 1. The van der Waals surface area contributed by atoms with Crippen LogP contribution in [-0.2, 0) is 0 Å². The van der Waals surface area contributed by atoms with Crippen molar-refractivity contribution >= 4 is 22.6 Å². The van der Waals surface area contributed by atoms with Crippen LogP contribution in [0.2, 0.25) is 0 Å². The van der Waals surface area contributed by atoms with Crippen molar-refractivity contribution < 1.29 is 13.9 Å². The van der Waals surface area contributed by atoms with Gasteiger partial charge in [-0.2, -0.15) is 0 Å². The highest BCUT2D eigenvalue weighted by atomic mass is 16.5. The molecule has 0 saturated carbocycles. The summed E-state index contributed by atoms with van der Waals surface area (Å²) in [4.78, 5) is 29.1. The maximum atomic E-state index is 13.8. The minimum Gasteiger partial charge on any atom is -0.494 e. The summed E-state index contributed by atoms with van der Waals surface area (Å²) in [7, 11) is 0. The summed E-state index contributed by atoms with van der Waals surface area (Å²) in [6.45, 7) is 6.84. The monoisotopic (exact) mass is 467 g/mol. The topological polar surface area (TPSA) is 59.8 Å². The number of nitrogens with zero attached hydrogens (tertiary/aromatic N) is 1. The van der Waals surface area contributed by atoms with Crippen LogP contribution in [0.4, 0.5) is 5.69 Å². The number of para-hydroxylation sites is 1. The lowest BCUT2D eigenvalue weighted by Gasteiger charge is -2.26. The van der Waals surface area contributed by atoms with Gasteiger partial charge in [0.2, 0.25) is 5.76 Å². The van der Waals surface area contributed by atoms with Gasteiger partial charge in [0.25, 0.3) is 5.91 Å². The van der Waals surface area contributed by atoms with Crippen LogP contribution < -0.4 is 15.1 Å². The van der Waals surface area contributed by atoms with E-state index in [0.717, 1.165) is 47.4 Å². The van der Waals surface area contributed by atoms with E-state index in [1.54, 1.807) is 23.1 Å². The minimum atomic E-state index is -0.611. The molecule has 0 spiro atoms. The molecule has 0 saturated heterocycles.